The molecule has 1 rings (SSSR count). The lowest BCUT2D eigenvalue weighted by Crippen LogP contribution is -2.32. The monoisotopic (exact) mass is 406 g/mol. The van der Waals surface area contributed by atoms with Gasteiger partial charge in [-0.15, -0.1) is 0 Å². The predicted octanol–water partition coefficient (Wildman–Crippen LogP) is 3.49. The van der Waals surface area contributed by atoms with Crippen molar-refractivity contribution in [3.63, 3.8) is 0 Å². The Labute approximate surface area is 174 Å². The summed E-state index contributed by atoms with van der Waals surface area (Å²) in [6, 6.07) is 0. The van der Waals surface area contributed by atoms with Crippen molar-refractivity contribution >= 4 is 5.97 Å². The third kappa shape index (κ3) is 8.81. The molecule has 5 atom stereocenters. The Morgan fingerprint density at radius 3 is 2.66 bits per heavy atom. The van der Waals surface area contributed by atoms with Gasteiger partial charge in [0.25, 0.3) is 0 Å². The molecule has 0 spiro atoms. The van der Waals surface area contributed by atoms with Crippen LogP contribution in [0.3, 0.4) is 0 Å². The van der Waals surface area contributed by atoms with Crippen LogP contribution < -0.4 is 0 Å². The molecule has 162 valence electrons. The first-order valence-corrected chi connectivity index (χ1v) is 9.84. The van der Waals surface area contributed by atoms with Gasteiger partial charge in [-0.2, -0.15) is 0 Å². The van der Waals surface area contributed by atoms with E-state index in [9.17, 15) is 9.90 Å². The molecular weight excluding hydrogens is 372 g/mol. The molecule has 0 aromatic carbocycles. The third-order valence-electron chi connectivity index (χ3n) is 4.61. The SMILES string of the molecule is CC/C=C/C=C(\OC)[C@@H](O)[C@H](C)C[C@@H](/C=C/C=C[C@H]1OC(=O)C=C[C@H]1OC)OC. The van der Waals surface area contributed by atoms with E-state index in [-0.39, 0.29) is 24.1 Å². The molecule has 0 aromatic heterocycles. The Hall–Kier alpha value is -2.15. The van der Waals surface area contributed by atoms with Gasteiger partial charge in [0.1, 0.15) is 18.0 Å². The highest BCUT2D eigenvalue weighted by Gasteiger charge is 2.24. The fourth-order valence-electron chi connectivity index (χ4n) is 2.86. The molecule has 1 aliphatic heterocycles. The zero-order valence-corrected chi connectivity index (χ0v) is 18.0. The summed E-state index contributed by atoms with van der Waals surface area (Å²) in [5.74, 6) is 0.0705. The molecule has 0 fully saturated rings. The molecule has 29 heavy (non-hydrogen) atoms. The minimum Gasteiger partial charge on any atom is -0.498 e. The standard InChI is InChI=1S/C23H34O6/c1-6-7-8-13-21(28-5)23(25)17(2)16-18(26-3)11-9-10-12-20-19(27-4)14-15-22(24)29-20/h7-15,17-20,23,25H,6,16H2,1-5H3/b8-7+,11-9+,12-10?,21-13-/t17-,18-,19-,20-,23+/m1/s1. The Bertz CT molecular complexity index is 631. The molecule has 1 aliphatic rings. The van der Waals surface area contributed by atoms with Crippen molar-refractivity contribution in [3.05, 3.63) is 60.4 Å². The molecule has 0 bridgehead atoms. The number of aliphatic hydroxyl groups excluding tert-OH is 1. The van der Waals surface area contributed by atoms with Gasteiger partial charge in [0.2, 0.25) is 0 Å². The van der Waals surface area contributed by atoms with Crippen molar-refractivity contribution in [3.8, 4) is 0 Å². The first kappa shape index (κ1) is 24.9. The smallest absolute Gasteiger partial charge is 0.331 e. The van der Waals surface area contributed by atoms with Crippen LogP contribution in [0, 0.1) is 5.92 Å². The summed E-state index contributed by atoms with van der Waals surface area (Å²) in [7, 11) is 4.75. The van der Waals surface area contributed by atoms with Crippen molar-refractivity contribution in [1.29, 1.82) is 0 Å². The summed E-state index contributed by atoms with van der Waals surface area (Å²) >= 11 is 0. The molecule has 0 aliphatic carbocycles. The number of esters is 1. The number of carbonyl (C=O) groups excluding carboxylic acids is 1. The fourth-order valence-corrected chi connectivity index (χ4v) is 2.86. The highest BCUT2D eigenvalue weighted by molar-refractivity contribution is 5.83. The van der Waals surface area contributed by atoms with E-state index in [1.807, 2.05) is 38.2 Å². The van der Waals surface area contributed by atoms with Crippen LogP contribution in [0.4, 0.5) is 0 Å². The fraction of sp³-hybridized carbons (Fsp3) is 0.522. The second-order valence-corrected chi connectivity index (χ2v) is 6.77. The number of allylic oxidation sites excluding steroid dienone is 5. The average molecular weight is 407 g/mol. The number of aliphatic hydroxyl groups is 1. The molecule has 6 heteroatoms. The number of rotatable bonds is 12. The first-order chi connectivity index (χ1) is 14.0. The molecule has 6 nitrogen and oxygen atoms in total. The first-order valence-electron chi connectivity index (χ1n) is 9.84. The summed E-state index contributed by atoms with van der Waals surface area (Å²) in [4.78, 5) is 11.4. The third-order valence-corrected chi connectivity index (χ3v) is 4.61. The Kier molecular flexibility index (Phi) is 12.0. The van der Waals surface area contributed by atoms with Crippen molar-refractivity contribution in [1.82, 2.24) is 0 Å². The van der Waals surface area contributed by atoms with E-state index in [0.29, 0.717) is 12.2 Å². The highest BCUT2D eigenvalue weighted by atomic mass is 16.6. The van der Waals surface area contributed by atoms with Gasteiger partial charge in [0.15, 0.2) is 6.10 Å². The molecule has 0 saturated carbocycles. The minimum atomic E-state index is -0.723. The number of cyclic esters (lactones) is 1. The summed E-state index contributed by atoms with van der Waals surface area (Å²) in [6.45, 7) is 4.00. The maximum atomic E-state index is 11.4. The van der Waals surface area contributed by atoms with Crippen LogP contribution >= 0.6 is 0 Å². The number of hydrogen-bond donors (Lipinski definition) is 1. The van der Waals surface area contributed by atoms with Crippen LogP contribution in [0.15, 0.2) is 60.4 Å². The highest BCUT2D eigenvalue weighted by Crippen LogP contribution is 2.20. The summed E-state index contributed by atoms with van der Waals surface area (Å²) < 4.78 is 21.3. The van der Waals surface area contributed by atoms with Crippen molar-refractivity contribution in [2.45, 2.75) is 51.1 Å². The van der Waals surface area contributed by atoms with Crippen LogP contribution in [-0.4, -0.2) is 56.8 Å². The quantitative estimate of drug-likeness (QED) is 0.304. The van der Waals surface area contributed by atoms with Gasteiger partial charge in [-0.1, -0.05) is 44.2 Å². The summed E-state index contributed by atoms with van der Waals surface area (Å²) in [5, 5.41) is 10.6. The van der Waals surface area contributed by atoms with Gasteiger partial charge in [-0.05, 0) is 37.0 Å². The lowest BCUT2D eigenvalue weighted by atomic mass is 9.95. The second kappa shape index (κ2) is 13.9. The van der Waals surface area contributed by atoms with Gasteiger partial charge in [0, 0.05) is 20.3 Å². The maximum Gasteiger partial charge on any atom is 0.331 e. The number of hydrogen-bond acceptors (Lipinski definition) is 6. The van der Waals surface area contributed by atoms with E-state index < -0.39 is 12.2 Å². The Balaban J connectivity index is 2.65. The number of ether oxygens (including phenoxy) is 4. The van der Waals surface area contributed by atoms with Gasteiger partial charge in [-0.3, -0.25) is 0 Å². The lowest BCUT2D eigenvalue weighted by Gasteiger charge is -2.23. The van der Waals surface area contributed by atoms with E-state index in [1.54, 1.807) is 45.6 Å². The maximum absolute atomic E-state index is 11.4. The second-order valence-electron chi connectivity index (χ2n) is 6.77. The van der Waals surface area contributed by atoms with E-state index in [4.69, 9.17) is 18.9 Å². The van der Waals surface area contributed by atoms with Gasteiger partial charge in [-0.25, -0.2) is 4.79 Å². The van der Waals surface area contributed by atoms with Gasteiger partial charge < -0.3 is 24.1 Å². The van der Waals surface area contributed by atoms with E-state index in [0.717, 1.165) is 6.42 Å². The van der Waals surface area contributed by atoms with E-state index >= 15 is 0 Å². The average Bonchev–Trinajstić information content (AvgIpc) is 2.73. The van der Waals surface area contributed by atoms with Crippen LogP contribution in [-0.2, 0) is 23.7 Å². The summed E-state index contributed by atoms with van der Waals surface area (Å²) in [5.41, 5.74) is 0. The molecule has 0 amide bonds. The Morgan fingerprint density at radius 2 is 2.03 bits per heavy atom. The lowest BCUT2D eigenvalue weighted by molar-refractivity contribution is -0.147. The number of carbonyl (C=O) groups is 1. The van der Waals surface area contributed by atoms with Crippen LogP contribution in [0.5, 0.6) is 0 Å². The largest absolute Gasteiger partial charge is 0.498 e. The van der Waals surface area contributed by atoms with Crippen molar-refractivity contribution < 1.29 is 28.8 Å². The molecule has 1 N–H and O–H groups in total. The summed E-state index contributed by atoms with van der Waals surface area (Å²) in [6.07, 6.45) is 15.9. The zero-order chi connectivity index (χ0) is 21.6. The van der Waals surface area contributed by atoms with Gasteiger partial charge in [0.05, 0.1) is 13.2 Å². The molecule has 1 heterocycles. The zero-order valence-electron chi connectivity index (χ0n) is 18.0. The van der Waals surface area contributed by atoms with Crippen molar-refractivity contribution in [2.24, 2.45) is 5.92 Å². The number of methoxy groups -OCH3 is 3. The van der Waals surface area contributed by atoms with E-state index in [2.05, 4.69) is 0 Å². The molecular formula is C23H34O6. The van der Waals surface area contributed by atoms with Crippen molar-refractivity contribution in [2.75, 3.05) is 21.3 Å². The normalized spacial score (nSPS) is 23.7. The molecule has 0 aromatic rings. The van der Waals surface area contributed by atoms with Crippen LogP contribution in [0.25, 0.3) is 0 Å². The Morgan fingerprint density at radius 1 is 1.28 bits per heavy atom. The van der Waals surface area contributed by atoms with Crippen LogP contribution in [0.1, 0.15) is 26.7 Å². The van der Waals surface area contributed by atoms with Gasteiger partial charge >= 0.3 is 5.97 Å². The van der Waals surface area contributed by atoms with E-state index in [1.165, 1.54) is 6.08 Å². The predicted molar refractivity (Wildman–Crippen MR) is 113 cm³/mol. The van der Waals surface area contributed by atoms with Crippen LogP contribution in [0.2, 0.25) is 0 Å². The topological polar surface area (TPSA) is 74.2 Å². The molecule has 0 unspecified atom stereocenters. The molecule has 0 radical (unpaired) electrons. The molecule has 0 saturated heterocycles. The minimum absolute atomic E-state index is 0.0721.